The zero-order chi connectivity index (χ0) is 6.85. The van der Waals surface area contributed by atoms with Crippen LogP contribution in [0.2, 0.25) is 0 Å². The van der Waals surface area contributed by atoms with Crippen LogP contribution in [0.1, 0.15) is 14.5 Å². The van der Waals surface area contributed by atoms with Crippen molar-refractivity contribution < 1.29 is 4.79 Å². The lowest BCUT2D eigenvalue weighted by molar-refractivity contribution is 0.100. The van der Waals surface area contributed by atoms with Gasteiger partial charge < -0.3 is 5.73 Å². The van der Waals surface area contributed by atoms with Gasteiger partial charge >= 0.3 is 0 Å². The molecule has 0 aliphatic carbocycles. The summed E-state index contributed by atoms with van der Waals surface area (Å²) in [6.45, 7) is 3.63. The Balaban J connectivity index is 2.98. The molecule has 2 N–H and O–H groups in total. The second-order valence-electron chi connectivity index (χ2n) is 1.63. The van der Waals surface area contributed by atoms with E-state index in [-0.39, 0.29) is 5.91 Å². The molecule has 0 saturated heterocycles. The van der Waals surface area contributed by atoms with Gasteiger partial charge in [0.1, 0.15) is 0 Å². The van der Waals surface area contributed by atoms with Crippen LogP contribution in [0.25, 0.3) is 0 Å². The second kappa shape index (κ2) is 2.19. The first kappa shape index (κ1) is 6.29. The molecule has 1 amide bonds. The highest BCUT2D eigenvalue weighted by atomic mass is 32.1. The minimum Gasteiger partial charge on any atom is -0.365 e. The van der Waals surface area contributed by atoms with E-state index in [9.17, 15) is 4.79 Å². The van der Waals surface area contributed by atoms with E-state index in [0.29, 0.717) is 4.88 Å². The number of carbonyl (C=O) groups is 1. The van der Waals surface area contributed by atoms with Crippen molar-refractivity contribution in [3.8, 4) is 0 Å². The van der Waals surface area contributed by atoms with Crippen LogP contribution in [0, 0.1) is 6.92 Å². The summed E-state index contributed by atoms with van der Waals surface area (Å²) in [5.41, 5.74) is 4.97. The van der Waals surface area contributed by atoms with Gasteiger partial charge in [0, 0.05) is 4.88 Å². The lowest BCUT2D eigenvalue weighted by Gasteiger charge is -1.81. The monoisotopic (exact) mass is 140 g/mol. The third-order valence-corrected chi connectivity index (χ3v) is 1.86. The summed E-state index contributed by atoms with van der Waals surface area (Å²) in [6, 6.07) is 3.44. The lowest BCUT2D eigenvalue weighted by Crippen LogP contribution is -2.07. The summed E-state index contributed by atoms with van der Waals surface area (Å²) in [7, 11) is 0. The fourth-order valence-corrected chi connectivity index (χ4v) is 1.17. The maximum atomic E-state index is 10.4. The average Bonchev–Trinajstić information content (AvgIpc) is 2.14. The van der Waals surface area contributed by atoms with Crippen molar-refractivity contribution in [3.05, 3.63) is 28.8 Å². The summed E-state index contributed by atoms with van der Waals surface area (Å²) >= 11 is 1.31. The first-order valence-corrected chi connectivity index (χ1v) is 3.23. The molecule has 3 heteroatoms. The zero-order valence-corrected chi connectivity index (χ0v) is 5.57. The van der Waals surface area contributed by atoms with Gasteiger partial charge in [0.15, 0.2) is 0 Å². The highest BCUT2D eigenvalue weighted by Crippen LogP contribution is 2.13. The number of hydrogen-bond donors (Lipinski definition) is 1. The Kier molecular flexibility index (Phi) is 1.53. The summed E-state index contributed by atoms with van der Waals surface area (Å²) in [4.78, 5) is 11.9. The van der Waals surface area contributed by atoms with Crippen LogP contribution in [-0.4, -0.2) is 5.91 Å². The van der Waals surface area contributed by atoms with Crippen LogP contribution in [-0.2, 0) is 0 Å². The molecular formula is C6H6NOS. The molecule has 0 unspecified atom stereocenters. The van der Waals surface area contributed by atoms with Crippen LogP contribution in [0.15, 0.2) is 12.1 Å². The topological polar surface area (TPSA) is 43.1 Å². The van der Waals surface area contributed by atoms with Crippen molar-refractivity contribution in [1.82, 2.24) is 0 Å². The Labute approximate surface area is 57.3 Å². The summed E-state index contributed by atoms with van der Waals surface area (Å²) in [6.07, 6.45) is 0. The van der Waals surface area contributed by atoms with E-state index in [1.807, 2.05) is 0 Å². The van der Waals surface area contributed by atoms with Crippen LogP contribution in [0.3, 0.4) is 0 Å². The molecule has 1 aromatic rings. The number of hydrogen-bond acceptors (Lipinski definition) is 2. The van der Waals surface area contributed by atoms with Crippen molar-refractivity contribution in [3.63, 3.8) is 0 Å². The van der Waals surface area contributed by atoms with Crippen molar-refractivity contribution in [2.75, 3.05) is 0 Å². The van der Waals surface area contributed by atoms with E-state index in [0.717, 1.165) is 4.88 Å². The van der Waals surface area contributed by atoms with Gasteiger partial charge in [-0.15, -0.1) is 11.3 Å². The maximum Gasteiger partial charge on any atom is 0.258 e. The molecule has 1 radical (unpaired) electrons. The van der Waals surface area contributed by atoms with Gasteiger partial charge in [-0.3, -0.25) is 4.79 Å². The van der Waals surface area contributed by atoms with Gasteiger partial charge in [-0.1, -0.05) is 0 Å². The molecule has 1 rings (SSSR count). The average molecular weight is 140 g/mol. The van der Waals surface area contributed by atoms with Gasteiger partial charge in [0.2, 0.25) is 0 Å². The number of thiophene rings is 1. The van der Waals surface area contributed by atoms with Crippen LogP contribution < -0.4 is 5.73 Å². The van der Waals surface area contributed by atoms with Crippen molar-refractivity contribution >= 4 is 17.2 Å². The molecule has 2 nitrogen and oxygen atoms in total. The zero-order valence-electron chi connectivity index (χ0n) is 4.76. The van der Waals surface area contributed by atoms with E-state index in [2.05, 4.69) is 6.92 Å². The number of amides is 1. The van der Waals surface area contributed by atoms with E-state index in [1.54, 1.807) is 12.1 Å². The summed E-state index contributed by atoms with van der Waals surface area (Å²) in [5.74, 6) is -0.380. The quantitative estimate of drug-likeness (QED) is 0.622. The molecule has 0 saturated carbocycles. The molecule has 0 aromatic carbocycles. The number of rotatable bonds is 1. The van der Waals surface area contributed by atoms with E-state index < -0.39 is 0 Å². The van der Waals surface area contributed by atoms with Gasteiger partial charge in [-0.25, -0.2) is 0 Å². The predicted octanol–water partition coefficient (Wildman–Crippen LogP) is 1.03. The molecule has 1 aromatic heterocycles. The minimum absolute atomic E-state index is 0.380. The van der Waals surface area contributed by atoms with Crippen LogP contribution in [0.5, 0.6) is 0 Å². The van der Waals surface area contributed by atoms with Crippen LogP contribution >= 0.6 is 11.3 Å². The Bertz CT molecular complexity index is 229. The van der Waals surface area contributed by atoms with Gasteiger partial charge in [-0.05, 0) is 19.1 Å². The Hall–Kier alpha value is -0.830. The van der Waals surface area contributed by atoms with Crippen molar-refractivity contribution in [1.29, 1.82) is 0 Å². The number of carbonyl (C=O) groups excluding carboxylic acids is 1. The highest BCUT2D eigenvalue weighted by Gasteiger charge is 2.00. The second-order valence-corrected chi connectivity index (χ2v) is 2.80. The first-order chi connectivity index (χ1) is 4.20. The summed E-state index contributed by atoms with van der Waals surface area (Å²) in [5, 5.41) is 0. The molecule has 47 valence electrons. The first-order valence-electron chi connectivity index (χ1n) is 2.42. The standard InChI is InChI=1S/C6H6NOS/c1-4-2-3-5(9-4)6(7)8/h2-3H,1H2,(H2,7,8). The molecule has 0 aliphatic rings. The molecule has 0 atom stereocenters. The minimum atomic E-state index is -0.380. The summed E-state index contributed by atoms with van der Waals surface area (Å²) < 4.78 is 0. The SMILES string of the molecule is [CH2]c1ccc(C(N)=O)s1. The van der Waals surface area contributed by atoms with Crippen molar-refractivity contribution in [2.24, 2.45) is 5.73 Å². The predicted molar refractivity (Wildman–Crippen MR) is 37.3 cm³/mol. The third-order valence-electron chi connectivity index (χ3n) is 0.905. The maximum absolute atomic E-state index is 10.4. The molecule has 0 spiro atoms. The fraction of sp³-hybridized carbons (Fsp3) is 0. The van der Waals surface area contributed by atoms with E-state index in [1.165, 1.54) is 11.3 Å². The van der Waals surface area contributed by atoms with Gasteiger partial charge in [-0.2, -0.15) is 0 Å². The number of primary amides is 1. The Morgan fingerprint density at radius 2 is 2.33 bits per heavy atom. The van der Waals surface area contributed by atoms with E-state index in [4.69, 9.17) is 5.73 Å². The fourth-order valence-electron chi connectivity index (χ4n) is 0.510. The molecule has 1 heterocycles. The Morgan fingerprint density at radius 1 is 1.67 bits per heavy atom. The Morgan fingerprint density at radius 3 is 2.56 bits per heavy atom. The molecule has 0 fully saturated rings. The van der Waals surface area contributed by atoms with Gasteiger partial charge in [0.05, 0.1) is 4.88 Å². The normalized spacial score (nSPS) is 9.44. The molecule has 0 bridgehead atoms. The lowest BCUT2D eigenvalue weighted by atomic mass is 10.4. The van der Waals surface area contributed by atoms with Crippen LogP contribution in [0.4, 0.5) is 0 Å². The van der Waals surface area contributed by atoms with Gasteiger partial charge in [0.25, 0.3) is 5.91 Å². The molecule has 9 heavy (non-hydrogen) atoms. The number of nitrogens with two attached hydrogens (primary N) is 1. The largest absolute Gasteiger partial charge is 0.365 e. The third kappa shape index (κ3) is 1.29. The van der Waals surface area contributed by atoms with Crippen molar-refractivity contribution in [2.45, 2.75) is 0 Å². The molecular weight excluding hydrogens is 134 g/mol. The smallest absolute Gasteiger partial charge is 0.258 e. The van der Waals surface area contributed by atoms with E-state index >= 15 is 0 Å². The highest BCUT2D eigenvalue weighted by molar-refractivity contribution is 7.14. The molecule has 0 aliphatic heterocycles.